The van der Waals surface area contributed by atoms with Gasteiger partial charge in [0.15, 0.2) is 0 Å². The molecule has 2 aromatic carbocycles. The number of rotatable bonds is 6. The van der Waals surface area contributed by atoms with Crippen LogP contribution in [0.1, 0.15) is 94.6 Å². The summed E-state index contributed by atoms with van der Waals surface area (Å²) in [7, 11) is -2.50. The first-order chi connectivity index (χ1) is 26.7. The van der Waals surface area contributed by atoms with Gasteiger partial charge in [0.25, 0.3) is 5.91 Å². The van der Waals surface area contributed by atoms with Crippen LogP contribution in [-0.2, 0) is 31.3 Å². The Bertz CT molecular complexity index is 1880. The van der Waals surface area contributed by atoms with Crippen molar-refractivity contribution in [1.29, 1.82) is 0 Å². The van der Waals surface area contributed by atoms with Gasteiger partial charge in [0.1, 0.15) is 11.5 Å². The quantitative estimate of drug-likeness (QED) is 0.308. The number of ether oxygens (including phenoxy) is 3. The number of hydrogen-bond acceptors (Lipinski definition) is 9. The highest BCUT2D eigenvalue weighted by molar-refractivity contribution is 7.90. The molecule has 2 aliphatic carbocycles. The number of allylic oxidation sites excluding steroid dienone is 1. The maximum Gasteiger partial charge on any atom is 0.264 e. The number of piperazine rings is 1. The van der Waals surface area contributed by atoms with Gasteiger partial charge in [-0.2, -0.15) is 0 Å². The molecule has 7 rings (SSSR count). The second kappa shape index (κ2) is 16.5. The van der Waals surface area contributed by atoms with E-state index in [1.54, 1.807) is 13.2 Å². The van der Waals surface area contributed by atoms with Crippen LogP contribution in [0.15, 0.2) is 48.6 Å². The van der Waals surface area contributed by atoms with E-state index >= 15 is 0 Å². The third-order valence-electron chi connectivity index (χ3n) is 13.5. The molecule has 2 fully saturated rings. The summed E-state index contributed by atoms with van der Waals surface area (Å²) in [5.74, 6) is 0.312. The normalized spacial score (nSPS) is 32.0. The lowest BCUT2D eigenvalue weighted by Crippen LogP contribution is -2.66. The molecule has 3 aliphatic heterocycles. The number of amides is 1. The molecule has 2 aromatic rings. The van der Waals surface area contributed by atoms with Gasteiger partial charge in [0.05, 0.1) is 17.5 Å². The van der Waals surface area contributed by atoms with E-state index in [9.17, 15) is 13.2 Å². The van der Waals surface area contributed by atoms with E-state index in [-0.39, 0.29) is 35.8 Å². The molecular weight excluding hydrogens is 748 g/mol. The lowest BCUT2D eigenvalue weighted by atomic mass is 9.66. The Morgan fingerprint density at radius 1 is 1.07 bits per heavy atom. The van der Waals surface area contributed by atoms with Crippen LogP contribution in [0.2, 0.25) is 5.02 Å². The minimum Gasteiger partial charge on any atom is -0.490 e. The molecule has 1 amide bonds. The number of anilines is 1. The summed E-state index contributed by atoms with van der Waals surface area (Å²) in [5, 5.41) is -0.0910. The zero-order valence-corrected chi connectivity index (χ0v) is 35.9. The first kappa shape index (κ1) is 41.5. The molecule has 1 saturated carbocycles. The van der Waals surface area contributed by atoms with Gasteiger partial charge < -0.3 is 19.1 Å². The highest BCUT2D eigenvalue weighted by atomic mass is 35.5. The molecule has 10 nitrogen and oxygen atoms in total. The average Bonchev–Trinajstić information content (AvgIpc) is 3.29. The number of methoxy groups -OCH3 is 1. The van der Waals surface area contributed by atoms with Crippen molar-refractivity contribution in [3.8, 4) is 5.75 Å². The molecule has 0 unspecified atom stereocenters. The number of halogens is 1. The van der Waals surface area contributed by atoms with Gasteiger partial charge in [-0.1, -0.05) is 30.7 Å². The largest absolute Gasteiger partial charge is 0.490 e. The molecule has 12 heteroatoms. The number of nitrogens with one attached hydrogen (secondary N) is 1. The second-order valence-electron chi connectivity index (χ2n) is 18.0. The highest BCUT2D eigenvalue weighted by Crippen LogP contribution is 2.50. The summed E-state index contributed by atoms with van der Waals surface area (Å²) in [6.07, 6.45) is 10.3. The highest BCUT2D eigenvalue weighted by Gasteiger charge is 2.53. The van der Waals surface area contributed by atoms with Crippen LogP contribution in [0.4, 0.5) is 5.69 Å². The number of hydrogen-bond donors (Lipinski definition) is 1. The first-order valence-electron chi connectivity index (χ1n) is 20.9. The van der Waals surface area contributed by atoms with Crippen LogP contribution in [-0.4, -0.2) is 107 Å². The van der Waals surface area contributed by atoms with E-state index in [4.69, 9.17) is 25.8 Å². The third-order valence-corrected chi connectivity index (χ3v) is 15.7. The molecule has 0 radical (unpaired) electrons. The van der Waals surface area contributed by atoms with Gasteiger partial charge in [-0.15, -0.1) is 0 Å². The van der Waals surface area contributed by atoms with Gasteiger partial charge >= 0.3 is 0 Å². The molecule has 308 valence electrons. The Balaban J connectivity index is 1.34. The number of benzene rings is 2. The van der Waals surface area contributed by atoms with Crippen molar-refractivity contribution in [2.75, 3.05) is 71.1 Å². The Labute approximate surface area is 340 Å². The van der Waals surface area contributed by atoms with E-state index in [0.717, 1.165) is 75.5 Å². The Hall–Kier alpha value is -2.67. The zero-order chi connectivity index (χ0) is 39.9. The van der Waals surface area contributed by atoms with Crippen molar-refractivity contribution < 1.29 is 27.4 Å². The molecule has 56 heavy (non-hydrogen) atoms. The fourth-order valence-electron chi connectivity index (χ4n) is 10.4. The van der Waals surface area contributed by atoms with Gasteiger partial charge in [0, 0.05) is 87.1 Å². The predicted octanol–water partition coefficient (Wildman–Crippen LogP) is 7.05. The third kappa shape index (κ3) is 8.15. The van der Waals surface area contributed by atoms with Crippen LogP contribution in [0, 0.1) is 17.8 Å². The van der Waals surface area contributed by atoms with Crippen LogP contribution < -0.4 is 14.4 Å². The molecular formula is C44H63ClN4O6S. The van der Waals surface area contributed by atoms with E-state index in [1.807, 2.05) is 25.1 Å². The summed E-state index contributed by atoms with van der Waals surface area (Å²) < 4.78 is 49.9. The molecule has 3 heterocycles. The van der Waals surface area contributed by atoms with E-state index < -0.39 is 26.9 Å². The van der Waals surface area contributed by atoms with E-state index in [0.29, 0.717) is 43.4 Å². The molecule has 1 saturated heterocycles. The predicted molar refractivity (Wildman–Crippen MR) is 223 cm³/mol. The van der Waals surface area contributed by atoms with E-state index in [2.05, 4.69) is 71.4 Å². The van der Waals surface area contributed by atoms with Crippen LogP contribution >= 0.6 is 11.6 Å². The number of fused-ring (bicyclic) bond motifs is 4. The van der Waals surface area contributed by atoms with E-state index in [1.165, 1.54) is 11.1 Å². The first-order valence-corrected chi connectivity index (χ1v) is 22.8. The molecule has 6 atom stereocenters. The standard InChI is InChI=1S/C44H63ClN4O6S/c1-7-55-44(49-23-21-48(22-24-49)42(3,4)5)20-8-10-31(2)40(18-25-53-6)56(51,52)46-41(50)33-13-17-39-38(27-33)47(28-34-12-15-37(34)44)29-43(30-54-39)19-9-11-32-26-35(45)14-16-36(32)43/h8,13-14,16-17,20,26-27,31,34,37,40H,7,9-12,15,18-19,21-25,28-30H2,1-6H3,(H,46,50)/b20-8+/t31-,34-,37+,40+,43-,44+/m0/s1. The minimum atomic E-state index is -4.08. The lowest BCUT2D eigenvalue weighted by molar-refractivity contribution is -0.197. The van der Waals surface area contributed by atoms with Gasteiger partial charge in [-0.05, 0) is 132 Å². The Morgan fingerprint density at radius 3 is 2.55 bits per heavy atom. The Kier molecular flexibility index (Phi) is 12.2. The molecule has 1 spiro atoms. The maximum atomic E-state index is 14.1. The SMILES string of the molecule is CCO[C@]1(N2CCN(C(C)(C)C)CC2)/C=C/C[C@H](C)[C@@H](CCOC)S(=O)(=O)NC(=O)c2ccc3c(c2)N(C[C@@H]2CC[C@H]21)C[C@@]1(CCCc2cc(Cl)ccc21)CO3. The van der Waals surface area contributed by atoms with Crippen molar-refractivity contribution in [1.82, 2.24) is 14.5 Å². The van der Waals surface area contributed by atoms with Crippen molar-refractivity contribution >= 4 is 33.2 Å². The lowest BCUT2D eigenvalue weighted by Gasteiger charge is -2.57. The second-order valence-corrected chi connectivity index (χ2v) is 20.3. The van der Waals surface area contributed by atoms with Crippen molar-refractivity contribution in [2.24, 2.45) is 17.8 Å². The molecule has 1 N–H and O–H groups in total. The summed E-state index contributed by atoms with van der Waals surface area (Å²) in [5.41, 5.74) is 2.82. The number of carbonyl (C=O) groups excluding carboxylic acids is 1. The van der Waals surface area contributed by atoms with Crippen LogP contribution in [0.5, 0.6) is 5.75 Å². The van der Waals surface area contributed by atoms with Gasteiger partial charge in [0.2, 0.25) is 10.0 Å². The fraction of sp³-hybridized carbons (Fsp3) is 0.659. The zero-order valence-electron chi connectivity index (χ0n) is 34.3. The van der Waals surface area contributed by atoms with Crippen LogP contribution in [0.25, 0.3) is 0 Å². The minimum absolute atomic E-state index is 0.0772. The number of nitrogens with zero attached hydrogens (tertiary/aromatic N) is 3. The number of carbonyl (C=O) groups is 1. The fourth-order valence-corrected chi connectivity index (χ4v) is 12.2. The van der Waals surface area contributed by atoms with Gasteiger partial charge in [-0.3, -0.25) is 14.6 Å². The maximum absolute atomic E-state index is 14.1. The monoisotopic (exact) mass is 810 g/mol. The molecule has 0 aromatic heterocycles. The molecule has 2 bridgehead atoms. The average molecular weight is 812 g/mol. The number of sulfonamides is 1. The Morgan fingerprint density at radius 2 is 1.86 bits per heavy atom. The van der Waals surface area contributed by atoms with Crippen LogP contribution in [0.3, 0.4) is 0 Å². The van der Waals surface area contributed by atoms with Gasteiger partial charge in [-0.25, -0.2) is 13.1 Å². The molecule has 5 aliphatic rings. The van der Waals surface area contributed by atoms with Crippen molar-refractivity contribution in [3.05, 3.63) is 70.3 Å². The summed E-state index contributed by atoms with van der Waals surface area (Å²) in [6, 6.07) is 11.7. The van der Waals surface area contributed by atoms with Crippen molar-refractivity contribution in [2.45, 2.75) is 101 Å². The summed E-state index contributed by atoms with van der Waals surface area (Å²) >= 11 is 6.53. The smallest absolute Gasteiger partial charge is 0.264 e. The number of aryl methyl sites for hydroxylation is 1. The summed E-state index contributed by atoms with van der Waals surface area (Å²) in [4.78, 5) is 21.5. The summed E-state index contributed by atoms with van der Waals surface area (Å²) in [6.45, 7) is 17.3. The topological polar surface area (TPSA) is 101 Å². The van der Waals surface area contributed by atoms with Crippen molar-refractivity contribution in [3.63, 3.8) is 0 Å².